The summed E-state index contributed by atoms with van der Waals surface area (Å²) in [6.45, 7) is 7.31. The quantitative estimate of drug-likeness (QED) is 0.841. The molecule has 0 saturated carbocycles. The molecule has 0 bridgehead atoms. The van der Waals surface area contributed by atoms with Gasteiger partial charge in [0.15, 0.2) is 0 Å². The van der Waals surface area contributed by atoms with Crippen molar-refractivity contribution in [3.63, 3.8) is 0 Å². The molecule has 4 rings (SSSR count). The first kappa shape index (κ1) is 17.8. The SMILES string of the molecule is Cc1ccc(S(=O)(=O)N2C[C@@H]3Nc4ccc(Cl)cc4C(C)(C)[C@H]3C2)cc1. The van der Waals surface area contributed by atoms with Crippen LogP contribution in [0, 0.1) is 12.8 Å². The zero-order valence-electron chi connectivity index (χ0n) is 15.2. The minimum Gasteiger partial charge on any atom is -0.380 e. The Bertz CT molecular complexity index is 954. The van der Waals surface area contributed by atoms with Gasteiger partial charge in [0.05, 0.1) is 4.90 Å². The van der Waals surface area contributed by atoms with Gasteiger partial charge in [-0.1, -0.05) is 43.1 Å². The molecule has 6 heteroatoms. The molecule has 4 nitrogen and oxygen atoms in total. The van der Waals surface area contributed by atoms with Crippen LogP contribution in [-0.2, 0) is 15.4 Å². The second-order valence-electron chi connectivity index (χ2n) is 7.90. The number of sulfonamides is 1. The molecule has 0 radical (unpaired) electrons. The first-order valence-electron chi connectivity index (χ1n) is 8.83. The lowest BCUT2D eigenvalue weighted by Crippen LogP contribution is -2.45. The van der Waals surface area contributed by atoms with Crippen LogP contribution in [0.4, 0.5) is 5.69 Å². The molecular formula is C20H23ClN2O2S. The summed E-state index contributed by atoms with van der Waals surface area (Å²) in [5.41, 5.74) is 3.10. The molecule has 0 unspecified atom stereocenters. The summed E-state index contributed by atoms with van der Waals surface area (Å²) in [4.78, 5) is 0.361. The van der Waals surface area contributed by atoms with Crippen molar-refractivity contribution in [2.75, 3.05) is 18.4 Å². The Balaban J connectivity index is 1.68. The Labute approximate surface area is 160 Å². The molecule has 0 aliphatic carbocycles. The fourth-order valence-electron chi connectivity index (χ4n) is 4.28. The van der Waals surface area contributed by atoms with Gasteiger partial charge in [-0.25, -0.2) is 8.42 Å². The van der Waals surface area contributed by atoms with E-state index in [0.29, 0.717) is 23.0 Å². The maximum Gasteiger partial charge on any atom is 0.243 e. The van der Waals surface area contributed by atoms with E-state index in [-0.39, 0.29) is 17.4 Å². The molecule has 1 saturated heterocycles. The van der Waals surface area contributed by atoms with E-state index < -0.39 is 10.0 Å². The van der Waals surface area contributed by atoms with Crippen LogP contribution >= 0.6 is 11.6 Å². The number of nitrogens with one attached hydrogen (secondary N) is 1. The molecule has 0 aromatic heterocycles. The Kier molecular flexibility index (Phi) is 4.10. The van der Waals surface area contributed by atoms with E-state index in [0.717, 1.165) is 16.8 Å². The minimum absolute atomic E-state index is 0.0962. The molecular weight excluding hydrogens is 368 g/mol. The van der Waals surface area contributed by atoms with E-state index in [4.69, 9.17) is 11.6 Å². The fourth-order valence-corrected chi connectivity index (χ4v) is 5.94. The average Bonchev–Trinajstić information content (AvgIpc) is 3.02. The molecule has 2 aliphatic rings. The van der Waals surface area contributed by atoms with Crippen LogP contribution in [0.1, 0.15) is 25.0 Å². The molecule has 1 N–H and O–H groups in total. The van der Waals surface area contributed by atoms with Gasteiger partial charge in [0.2, 0.25) is 10.0 Å². The van der Waals surface area contributed by atoms with E-state index in [1.807, 2.05) is 37.3 Å². The van der Waals surface area contributed by atoms with Gasteiger partial charge in [-0.3, -0.25) is 0 Å². The third-order valence-electron chi connectivity index (χ3n) is 5.89. The molecule has 1 fully saturated rings. The normalized spacial score (nSPS) is 24.6. The van der Waals surface area contributed by atoms with Gasteiger partial charge in [0.1, 0.15) is 0 Å². The second-order valence-corrected chi connectivity index (χ2v) is 10.3. The minimum atomic E-state index is -3.49. The van der Waals surface area contributed by atoms with Gasteiger partial charge in [0, 0.05) is 35.8 Å². The number of hydrogen-bond acceptors (Lipinski definition) is 3. The summed E-state index contributed by atoms with van der Waals surface area (Å²) in [7, 11) is -3.49. The predicted octanol–water partition coefficient (Wildman–Crippen LogP) is 4.04. The molecule has 2 aliphatic heterocycles. The topological polar surface area (TPSA) is 49.4 Å². The van der Waals surface area contributed by atoms with Crippen molar-refractivity contribution in [2.45, 2.75) is 37.1 Å². The maximum atomic E-state index is 13.1. The van der Waals surface area contributed by atoms with Crippen molar-refractivity contribution in [1.82, 2.24) is 4.31 Å². The van der Waals surface area contributed by atoms with Crippen molar-refractivity contribution in [3.05, 3.63) is 58.6 Å². The summed E-state index contributed by atoms with van der Waals surface area (Å²) >= 11 is 6.21. The highest BCUT2D eigenvalue weighted by molar-refractivity contribution is 7.89. The molecule has 2 aromatic carbocycles. The van der Waals surface area contributed by atoms with Crippen molar-refractivity contribution in [2.24, 2.45) is 5.92 Å². The third kappa shape index (κ3) is 2.73. The first-order valence-corrected chi connectivity index (χ1v) is 10.6. The van der Waals surface area contributed by atoms with E-state index in [2.05, 4.69) is 19.2 Å². The lowest BCUT2D eigenvalue weighted by atomic mass is 9.68. The van der Waals surface area contributed by atoms with Crippen molar-refractivity contribution >= 4 is 27.3 Å². The van der Waals surface area contributed by atoms with Gasteiger partial charge in [-0.15, -0.1) is 0 Å². The Hall–Kier alpha value is -1.56. The number of fused-ring (bicyclic) bond motifs is 2. The number of aryl methyl sites for hydroxylation is 1. The largest absolute Gasteiger partial charge is 0.380 e. The average molecular weight is 391 g/mol. The van der Waals surface area contributed by atoms with Crippen molar-refractivity contribution in [3.8, 4) is 0 Å². The van der Waals surface area contributed by atoms with E-state index >= 15 is 0 Å². The lowest BCUT2D eigenvalue weighted by Gasteiger charge is -2.42. The van der Waals surface area contributed by atoms with Gasteiger partial charge in [-0.2, -0.15) is 4.31 Å². The Morgan fingerprint density at radius 3 is 2.50 bits per heavy atom. The van der Waals surface area contributed by atoms with Crippen LogP contribution in [0.3, 0.4) is 0 Å². The number of nitrogens with zero attached hydrogens (tertiary/aromatic N) is 1. The Morgan fingerprint density at radius 1 is 1.12 bits per heavy atom. The number of halogens is 1. The summed E-state index contributed by atoms with van der Waals surface area (Å²) in [5, 5.41) is 4.25. The van der Waals surface area contributed by atoms with Gasteiger partial charge >= 0.3 is 0 Å². The number of anilines is 1. The lowest BCUT2D eigenvalue weighted by molar-refractivity contribution is 0.305. The molecule has 0 amide bonds. The van der Waals surface area contributed by atoms with Crippen LogP contribution in [0.25, 0.3) is 0 Å². The summed E-state index contributed by atoms with van der Waals surface area (Å²) in [5.74, 6) is 0.189. The number of rotatable bonds is 2. The smallest absolute Gasteiger partial charge is 0.243 e. The molecule has 26 heavy (non-hydrogen) atoms. The maximum absolute atomic E-state index is 13.1. The molecule has 0 spiro atoms. The highest BCUT2D eigenvalue weighted by atomic mass is 35.5. The molecule has 2 atom stereocenters. The van der Waals surface area contributed by atoms with Gasteiger partial charge < -0.3 is 5.32 Å². The predicted molar refractivity (Wildman–Crippen MR) is 105 cm³/mol. The number of hydrogen-bond donors (Lipinski definition) is 1. The standard InChI is InChI=1S/C20H23ClN2O2S/c1-13-4-7-15(8-5-13)26(24,25)23-11-17-19(12-23)22-18-9-6-14(21)10-16(18)20(17,2)3/h4-10,17,19,22H,11-12H2,1-3H3/t17-,19-/m0/s1. The highest BCUT2D eigenvalue weighted by Gasteiger charge is 2.50. The van der Waals surface area contributed by atoms with E-state index in [1.165, 1.54) is 0 Å². The summed E-state index contributed by atoms with van der Waals surface area (Å²) < 4.78 is 27.8. The van der Waals surface area contributed by atoms with E-state index in [9.17, 15) is 8.42 Å². The summed E-state index contributed by atoms with van der Waals surface area (Å²) in [6, 6.07) is 13.0. The van der Waals surface area contributed by atoms with Gasteiger partial charge in [-0.05, 0) is 48.2 Å². The van der Waals surface area contributed by atoms with Gasteiger partial charge in [0.25, 0.3) is 0 Å². The zero-order valence-corrected chi connectivity index (χ0v) is 16.7. The fraction of sp³-hybridized carbons (Fsp3) is 0.400. The molecule has 138 valence electrons. The van der Waals surface area contributed by atoms with Crippen molar-refractivity contribution < 1.29 is 8.42 Å². The van der Waals surface area contributed by atoms with Crippen LogP contribution < -0.4 is 5.32 Å². The van der Waals surface area contributed by atoms with Crippen LogP contribution in [0.2, 0.25) is 5.02 Å². The molecule has 2 heterocycles. The third-order valence-corrected chi connectivity index (χ3v) is 7.97. The van der Waals surface area contributed by atoms with Crippen LogP contribution in [-0.4, -0.2) is 31.9 Å². The zero-order chi connectivity index (χ0) is 18.7. The Morgan fingerprint density at radius 2 is 1.81 bits per heavy atom. The first-order chi connectivity index (χ1) is 12.2. The molecule has 2 aromatic rings. The van der Waals surface area contributed by atoms with Crippen LogP contribution in [0.5, 0.6) is 0 Å². The second kappa shape index (κ2) is 5.98. The van der Waals surface area contributed by atoms with Crippen LogP contribution in [0.15, 0.2) is 47.4 Å². The van der Waals surface area contributed by atoms with E-state index in [1.54, 1.807) is 16.4 Å². The highest BCUT2D eigenvalue weighted by Crippen LogP contribution is 2.47. The van der Waals surface area contributed by atoms with Crippen molar-refractivity contribution in [1.29, 1.82) is 0 Å². The monoisotopic (exact) mass is 390 g/mol. The number of benzene rings is 2. The summed E-state index contributed by atoms with van der Waals surface area (Å²) in [6.07, 6.45) is 0.